The van der Waals surface area contributed by atoms with Crippen molar-refractivity contribution in [1.82, 2.24) is 15.0 Å². The van der Waals surface area contributed by atoms with Gasteiger partial charge in [-0.3, -0.25) is 14.3 Å². The second-order valence-corrected chi connectivity index (χ2v) is 8.24. The topological polar surface area (TPSA) is 68.1 Å². The molecule has 0 N–H and O–H groups in total. The molecule has 0 unspecified atom stereocenters. The van der Waals surface area contributed by atoms with Gasteiger partial charge in [0, 0.05) is 30.2 Å². The second kappa shape index (κ2) is 11.9. The molecule has 2 aliphatic carbocycles. The maximum atomic E-state index is 12.2. The minimum atomic E-state index is -0.474. The van der Waals surface area contributed by atoms with Gasteiger partial charge in [0.1, 0.15) is 0 Å². The van der Waals surface area contributed by atoms with E-state index >= 15 is 0 Å². The number of carbonyl (C=O) groups is 2. The van der Waals surface area contributed by atoms with Crippen molar-refractivity contribution in [2.75, 3.05) is 11.4 Å². The van der Waals surface area contributed by atoms with Crippen LogP contribution in [0, 0.1) is 0 Å². The van der Waals surface area contributed by atoms with Crippen LogP contribution >= 0.6 is 11.6 Å². The molecule has 0 radical (unpaired) electrons. The summed E-state index contributed by atoms with van der Waals surface area (Å²) in [7, 11) is 0. The predicted molar refractivity (Wildman–Crippen MR) is 126 cm³/mol. The van der Waals surface area contributed by atoms with Gasteiger partial charge in [-0.15, -0.1) is 5.10 Å². The summed E-state index contributed by atoms with van der Waals surface area (Å²) >= 11 is 5.93. The fourth-order valence-corrected chi connectivity index (χ4v) is 3.98. The summed E-state index contributed by atoms with van der Waals surface area (Å²) in [4.78, 5) is 25.8. The molecule has 170 valence electrons. The van der Waals surface area contributed by atoms with Gasteiger partial charge in [0.2, 0.25) is 0 Å². The van der Waals surface area contributed by atoms with Crippen LogP contribution in [0.4, 0.5) is 5.69 Å². The SMILES string of the molecule is C1=CCC=C1.O=C1C(=O)N(CCCCCn2cc(C3C=CC=C3)nn2)c2ccc(Cl)cc21.[Fe+2]. The Morgan fingerprint density at radius 3 is 2.39 bits per heavy atom. The standard InChI is InChI=1S/C20H19ClN4O2.C5H6.Fe/c21-15-8-9-18-16(12-15)19(26)20(27)25(18)11-5-1-4-10-24-13-17(22-23-24)14-6-2-3-7-14;1-2-4-5-3-1;/h2-3,6-9,12-14H,1,4-5,10-11H2;1-4H,5H2;/q;;+2. The number of anilines is 1. The number of allylic oxidation sites excluding steroid dienone is 8. The number of benzene rings is 1. The van der Waals surface area contributed by atoms with Crippen molar-refractivity contribution in [3.05, 3.63) is 89.3 Å². The Kier molecular flexibility index (Phi) is 9.01. The molecule has 0 saturated carbocycles. The molecular formula is C25H25ClFeN4O2+2. The first-order valence-electron chi connectivity index (χ1n) is 10.9. The average molecular weight is 505 g/mol. The number of Topliss-reactive ketones (excluding diaryl/α,β-unsaturated/α-hetero) is 1. The number of carbonyl (C=O) groups excluding carboxylic acids is 2. The summed E-state index contributed by atoms with van der Waals surface area (Å²) in [5.74, 6) is -0.713. The number of unbranched alkanes of at least 4 members (excludes halogenated alkanes) is 2. The van der Waals surface area contributed by atoms with Crippen LogP contribution in [0.25, 0.3) is 0 Å². The van der Waals surface area contributed by atoms with Crippen molar-refractivity contribution in [2.24, 2.45) is 0 Å². The molecule has 0 spiro atoms. The average Bonchev–Trinajstić information content (AvgIpc) is 3.60. The van der Waals surface area contributed by atoms with E-state index in [1.807, 2.05) is 23.0 Å². The molecule has 1 aliphatic heterocycles. The van der Waals surface area contributed by atoms with Gasteiger partial charge >= 0.3 is 17.1 Å². The van der Waals surface area contributed by atoms with E-state index in [4.69, 9.17) is 11.6 Å². The number of hydrogen-bond acceptors (Lipinski definition) is 4. The minimum absolute atomic E-state index is 0. The third kappa shape index (κ3) is 6.20. The number of aromatic nitrogens is 3. The Hall–Kier alpha value is -2.73. The molecule has 1 amide bonds. The summed E-state index contributed by atoms with van der Waals surface area (Å²) in [6.45, 7) is 1.31. The normalized spacial score (nSPS) is 15.7. The van der Waals surface area contributed by atoms with Crippen LogP contribution in [-0.4, -0.2) is 33.2 Å². The van der Waals surface area contributed by atoms with Crippen LogP contribution in [-0.2, 0) is 28.4 Å². The second-order valence-electron chi connectivity index (χ2n) is 7.80. The van der Waals surface area contributed by atoms with Crippen molar-refractivity contribution in [3.63, 3.8) is 0 Å². The Morgan fingerprint density at radius 1 is 0.970 bits per heavy atom. The quantitative estimate of drug-likeness (QED) is 0.301. The van der Waals surface area contributed by atoms with Gasteiger partial charge in [0.05, 0.1) is 16.9 Å². The molecule has 8 heteroatoms. The molecule has 33 heavy (non-hydrogen) atoms. The van der Waals surface area contributed by atoms with E-state index in [-0.39, 0.29) is 23.0 Å². The van der Waals surface area contributed by atoms with Gasteiger partial charge in [-0.05, 0) is 43.9 Å². The number of rotatable bonds is 7. The molecule has 1 aromatic heterocycles. The first-order valence-corrected chi connectivity index (χ1v) is 11.2. The summed E-state index contributed by atoms with van der Waals surface area (Å²) in [5, 5.41) is 8.86. The molecule has 2 heterocycles. The van der Waals surface area contributed by atoms with Crippen molar-refractivity contribution in [2.45, 2.75) is 38.1 Å². The number of amides is 1. The van der Waals surface area contributed by atoms with Crippen molar-refractivity contribution in [1.29, 1.82) is 0 Å². The van der Waals surface area contributed by atoms with Crippen LogP contribution in [0.5, 0.6) is 0 Å². The monoisotopic (exact) mass is 504 g/mol. The van der Waals surface area contributed by atoms with Gasteiger partial charge in [0.25, 0.3) is 11.7 Å². The number of nitrogens with zero attached hydrogens (tertiary/aromatic N) is 4. The molecule has 0 saturated heterocycles. The number of fused-ring (bicyclic) bond motifs is 1. The number of aryl methyl sites for hydroxylation is 1. The Morgan fingerprint density at radius 2 is 1.70 bits per heavy atom. The van der Waals surface area contributed by atoms with Crippen molar-refractivity contribution < 1.29 is 26.7 Å². The molecule has 2 aromatic rings. The fourth-order valence-electron chi connectivity index (χ4n) is 3.81. The molecule has 3 aliphatic rings. The minimum Gasteiger partial charge on any atom is -0.305 e. The van der Waals surface area contributed by atoms with E-state index in [1.165, 1.54) is 0 Å². The van der Waals surface area contributed by atoms with Gasteiger partial charge in [-0.1, -0.05) is 65.4 Å². The van der Waals surface area contributed by atoms with Crippen LogP contribution in [0.2, 0.25) is 5.02 Å². The zero-order chi connectivity index (χ0) is 22.3. The van der Waals surface area contributed by atoms with E-state index in [0.717, 1.165) is 37.9 Å². The Balaban J connectivity index is 0.000000453. The maximum Gasteiger partial charge on any atom is 2.00 e. The number of ketones is 1. The third-order valence-electron chi connectivity index (χ3n) is 5.50. The number of hydrogen-bond donors (Lipinski definition) is 0. The van der Waals surface area contributed by atoms with Gasteiger partial charge < -0.3 is 4.90 Å². The molecule has 0 atom stereocenters. The Bertz CT molecular complexity index is 1100. The molecule has 0 fully saturated rings. The first-order chi connectivity index (χ1) is 15.6. The van der Waals surface area contributed by atoms with Crippen molar-refractivity contribution >= 4 is 29.0 Å². The zero-order valence-corrected chi connectivity index (χ0v) is 19.9. The predicted octanol–water partition coefficient (Wildman–Crippen LogP) is 5.04. The number of halogens is 1. The summed E-state index contributed by atoms with van der Waals surface area (Å²) in [6, 6.07) is 5.01. The van der Waals surface area contributed by atoms with E-state index in [1.54, 1.807) is 23.1 Å². The first kappa shape index (κ1) is 24.9. The molecule has 5 rings (SSSR count). The fraction of sp³-hybridized carbons (Fsp3) is 0.280. The summed E-state index contributed by atoms with van der Waals surface area (Å²) in [5.41, 5.74) is 2.02. The Labute approximate surface area is 209 Å². The van der Waals surface area contributed by atoms with Gasteiger partial charge in [-0.25, -0.2) is 0 Å². The van der Waals surface area contributed by atoms with E-state index in [9.17, 15) is 9.59 Å². The van der Waals surface area contributed by atoms with E-state index < -0.39 is 11.7 Å². The molecule has 1 aromatic carbocycles. The smallest absolute Gasteiger partial charge is 0.305 e. The molecule has 0 bridgehead atoms. The van der Waals surface area contributed by atoms with Crippen LogP contribution in [0.3, 0.4) is 0 Å². The van der Waals surface area contributed by atoms with Crippen molar-refractivity contribution in [3.8, 4) is 0 Å². The van der Waals surface area contributed by atoms with Crippen LogP contribution < -0.4 is 4.90 Å². The zero-order valence-electron chi connectivity index (χ0n) is 18.1. The largest absolute Gasteiger partial charge is 2.00 e. The summed E-state index contributed by atoms with van der Waals surface area (Å²) in [6.07, 6.45) is 22.4. The molecule has 6 nitrogen and oxygen atoms in total. The third-order valence-corrected chi connectivity index (χ3v) is 5.74. The van der Waals surface area contributed by atoms with Crippen LogP contribution in [0.15, 0.2) is 73.0 Å². The summed E-state index contributed by atoms with van der Waals surface area (Å²) < 4.78 is 1.86. The molecular weight excluding hydrogens is 480 g/mol. The van der Waals surface area contributed by atoms with Crippen LogP contribution in [0.1, 0.15) is 47.7 Å². The maximum absolute atomic E-state index is 12.2. The van der Waals surface area contributed by atoms with E-state index in [0.29, 0.717) is 22.8 Å². The van der Waals surface area contributed by atoms with E-state index in [2.05, 4.69) is 46.8 Å². The van der Waals surface area contributed by atoms with Gasteiger partial charge in [0.15, 0.2) is 0 Å². The van der Waals surface area contributed by atoms with Gasteiger partial charge in [-0.2, -0.15) is 0 Å².